The largest absolute Gasteiger partial charge is 0.448 e. The third kappa shape index (κ3) is 4.74. The first-order valence-electron chi connectivity index (χ1n) is 6.97. The lowest BCUT2D eigenvalue weighted by molar-refractivity contribution is -0.138. The van der Waals surface area contributed by atoms with Gasteiger partial charge in [0.25, 0.3) is 0 Å². The van der Waals surface area contributed by atoms with Crippen molar-refractivity contribution in [1.29, 1.82) is 10.5 Å². The Balaban J connectivity index is 2.46. The Bertz CT molecular complexity index is 951. The first-order chi connectivity index (χ1) is 12.7. The van der Waals surface area contributed by atoms with Crippen molar-refractivity contribution in [1.82, 2.24) is 0 Å². The average molecular weight is 444 g/mol. The van der Waals surface area contributed by atoms with Crippen LogP contribution in [0.25, 0.3) is 0 Å². The lowest BCUT2D eigenvalue weighted by Gasteiger charge is -2.15. The summed E-state index contributed by atoms with van der Waals surface area (Å²) in [6.45, 7) is 0. The van der Waals surface area contributed by atoms with E-state index in [2.05, 4.69) is 21.2 Å². The second-order valence-electron chi connectivity index (χ2n) is 4.91. The second-order valence-corrected chi connectivity index (χ2v) is 5.77. The molecule has 0 bridgehead atoms. The van der Waals surface area contributed by atoms with Gasteiger partial charge in [-0.1, -0.05) is 6.07 Å². The predicted octanol–water partition coefficient (Wildman–Crippen LogP) is 5.88. The van der Waals surface area contributed by atoms with E-state index in [0.29, 0.717) is 0 Å². The molecule has 2 aromatic rings. The van der Waals surface area contributed by atoms with Crippen molar-refractivity contribution in [3.63, 3.8) is 0 Å². The van der Waals surface area contributed by atoms with E-state index in [9.17, 15) is 22.0 Å². The molecule has 138 valence electrons. The number of para-hydroxylation sites is 1. The van der Waals surface area contributed by atoms with Crippen molar-refractivity contribution in [3.8, 4) is 23.6 Å². The number of alkyl halides is 3. The van der Waals surface area contributed by atoms with E-state index >= 15 is 0 Å². The van der Waals surface area contributed by atoms with Gasteiger partial charge in [-0.05, 0) is 40.2 Å². The van der Waals surface area contributed by atoms with E-state index < -0.39 is 29.1 Å². The Morgan fingerprint density at radius 3 is 2.19 bits per heavy atom. The van der Waals surface area contributed by atoms with Crippen molar-refractivity contribution < 1.29 is 26.7 Å². The third-order valence-electron chi connectivity index (χ3n) is 3.11. The van der Waals surface area contributed by atoms with Crippen molar-refractivity contribution in [2.45, 2.75) is 6.18 Å². The zero-order valence-electron chi connectivity index (χ0n) is 13.0. The molecule has 0 heterocycles. The molecular weight excluding hydrogens is 437 g/mol. The first-order valence-corrected chi connectivity index (χ1v) is 7.76. The molecule has 27 heavy (non-hydrogen) atoms. The topological polar surface area (TPSA) is 68.8 Å². The minimum absolute atomic E-state index is 0.103. The van der Waals surface area contributed by atoms with Crippen LogP contribution >= 0.6 is 15.9 Å². The normalized spacial score (nSPS) is 10.5. The Kier molecular flexibility index (Phi) is 6.03. The molecule has 0 fully saturated rings. The fourth-order valence-corrected chi connectivity index (χ4v) is 2.34. The fraction of sp³-hybridized carbons (Fsp3) is 0.0588. The average Bonchev–Trinajstić information content (AvgIpc) is 2.59. The molecule has 10 heteroatoms. The van der Waals surface area contributed by atoms with Crippen LogP contribution in [0.4, 0.5) is 27.6 Å². The highest BCUT2D eigenvalue weighted by atomic mass is 79.9. The molecule has 2 aromatic carbocycles. The molecule has 0 spiro atoms. The molecular formula is C17H7BrF5N3O. The second kappa shape index (κ2) is 8.06. The molecule has 0 saturated carbocycles. The highest BCUT2D eigenvalue weighted by molar-refractivity contribution is 9.10. The van der Waals surface area contributed by atoms with Crippen LogP contribution in [0.3, 0.4) is 0 Å². The predicted molar refractivity (Wildman–Crippen MR) is 88.5 cm³/mol. The molecule has 0 amide bonds. The Morgan fingerprint density at radius 1 is 1.07 bits per heavy atom. The molecule has 1 N–H and O–H groups in total. The molecule has 4 nitrogen and oxygen atoms in total. The lowest BCUT2D eigenvalue weighted by Crippen LogP contribution is -2.07. The highest BCUT2D eigenvalue weighted by Crippen LogP contribution is 2.40. The molecule has 0 saturated heterocycles. The summed E-state index contributed by atoms with van der Waals surface area (Å²) < 4.78 is 71.3. The van der Waals surface area contributed by atoms with Gasteiger partial charge in [0.15, 0.2) is 23.1 Å². The number of hydrogen-bond donors (Lipinski definition) is 1. The lowest BCUT2D eigenvalue weighted by atomic mass is 10.2. The van der Waals surface area contributed by atoms with E-state index in [1.165, 1.54) is 18.2 Å². The van der Waals surface area contributed by atoms with Gasteiger partial charge in [0.2, 0.25) is 0 Å². The molecule has 0 unspecified atom stereocenters. The Hall–Kier alpha value is -3.11. The molecule has 0 aliphatic heterocycles. The number of allylic oxidation sites excluding steroid dienone is 1. The van der Waals surface area contributed by atoms with Crippen molar-refractivity contribution >= 4 is 21.6 Å². The number of benzene rings is 2. The van der Waals surface area contributed by atoms with Gasteiger partial charge in [-0.2, -0.15) is 23.7 Å². The Morgan fingerprint density at radius 2 is 1.67 bits per heavy atom. The maximum absolute atomic E-state index is 14.0. The van der Waals surface area contributed by atoms with Crippen molar-refractivity contribution in [2.24, 2.45) is 0 Å². The molecule has 0 aromatic heterocycles. The summed E-state index contributed by atoms with van der Waals surface area (Å²) in [7, 11) is 0. The van der Waals surface area contributed by atoms with Crippen LogP contribution in [0.5, 0.6) is 11.5 Å². The van der Waals surface area contributed by atoms with Gasteiger partial charge in [-0.25, -0.2) is 8.78 Å². The highest BCUT2D eigenvalue weighted by Gasteiger charge is 2.33. The number of hydrogen-bond acceptors (Lipinski definition) is 4. The SMILES string of the molecule is N#CC(C#N)=CNc1cccc(Br)c1Oc1c(F)cc(C(F)(F)F)cc1F. The van der Waals surface area contributed by atoms with Crippen LogP contribution in [-0.2, 0) is 6.18 Å². The van der Waals surface area contributed by atoms with Crippen molar-refractivity contribution in [2.75, 3.05) is 5.32 Å². The summed E-state index contributed by atoms with van der Waals surface area (Å²) in [5.74, 6) is -4.30. The minimum atomic E-state index is -4.92. The van der Waals surface area contributed by atoms with Gasteiger partial charge >= 0.3 is 6.18 Å². The number of ether oxygens (including phenoxy) is 1. The number of nitrogens with one attached hydrogen (secondary N) is 1. The molecule has 0 aliphatic rings. The maximum atomic E-state index is 14.0. The van der Waals surface area contributed by atoms with Crippen LogP contribution in [0.1, 0.15) is 5.56 Å². The summed E-state index contributed by atoms with van der Waals surface area (Å²) >= 11 is 3.10. The number of halogens is 6. The van der Waals surface area contributed by atoms with E-state index in [0.717, 1.165) is 6.20 Å². The van der Waals surface area contributed by atoms with E-state index in [1.807, 2.05) is 0 Å². The summed E-state index contributed by atoms with van der Waals surface area (Å²) in [5, 5.41) is 20.0. The van der Waals surface area contributed by atoms with Gasteiger partial charge in [0, 0.05) is 6.20 Å². The van der Waals surface area contributed by atoms with Crippen molar-refractivity contribution in [3.05, 3.63) is 63.8 Å². The van der Waals surface area contributed by atoms with Crippen LogP contribution < -0.4 is 10.1 Å². The van der Waals surface area contributed by atoms with E-state index in [1.54, 1.807) is 12.1 Å². The third-order valence-corrected chi connectivity index (χ3v) is 3.73. The van der Waals surface area contributed by atoms with Gasteiger partial charge < -0.3 is 10.1 Å². The molecule has 0 atom stereocenters. The van der Waals surface area contributed by atoms with Gasteiger partial charge in [0.05, 0.1) is 15.7 Å². The smallest absolute Gasteiger partial charge is 0.416 e. The number of nitrogens with zero attached hydrogens (tertiary/aromatic N) is 2. The Labute approximate surface area is 158 Å². The summed E-state index contributed by atoms with van der Waals surface area (Å²) in [6, 6.07) is 7.82. The standard InChI is InChI=1S/C17H7BrF5N3O/c18-11-2-1-3-14(26-8-9(6-24)7-25)15(11)27-16-12(19)4-10(5-13(16)20)17(21,22)23/h1-5,8,26H. The maximum Gasteiger partial charge on any atom is 0.416 e. The zero-order valence-corrected chi connectivity index (χ0v) is 14.6. The summed E-state index contributed by atoms with van der Waals surface area (Å²) in [6.07, 6.45) is -3.88. The minimum Gasteiger partial charge on any atom is -0.448 e. The summed E-state index contributed by atoms with van der Waals surface area (Å²) in [4.78, 5) is 0. The fourth-order valence-electron chi connectivity index (χ4n) is 1.89. The van der Waals surface area contributed by atoms with Gasteiger partial charge in [0.1, 0.15) is 17.7 Å². The first kappa shape index (κ1) is 20.2. The van der Waals surface area contributed by atoms with Crippen LogP contribution in [0.15, 0.2) is 46.6 Å². The van der Waals surface area contributed by atoms with E-state index in [-0.39, 0.29) is 33.6 Å². The molecule has 0 aliphatic carbocycles. The van der Waals surface area contributed by atoms with Crippen LogP contribution in [0, 0.1) is 34.3 Å². The number of rotatable bonds is 4. The van der Waals surface area contributed by atoms with E-state index in [4.69, 9.17) is 15.3 Å². The molecule has 2 rings (SSSR count). The van der Waals surface area contributed by atoms with Gasteiger partial charge in [-0.15, -0.1) is 0 Å². The number of nitriles is 2. The summed E-state index contributed by atoms with van der Waals surface area (Å²) in [5.41, 5.74) is -1.68. The van der Waals surface area contributed by atoms with Crippen LogP contribution in [-0.4, -0.2) is 0 Å². The molecule has 0 radical (unpaired) electrons. The number of anilines is 1. The monoisotopic (exact) mass is 443 g/mol. The zero-order chi connectivity index (χ0) is 20.2. The van der Waals surface area contributed by atoms with Crippen LogP contribution in [0.2, 0.25) is 0 Å². The van der Waals surface area contributed by atoms with Gasteiger partial charge in [-0.3, -0.25) is 0 Å². The quantitative estimate of drug-likeness (QED) is 0.473.